The van der Waals surface area contributed by atoms with E-state index in [1.165, 1.54) is 6.20 Å². The third kappa shape index (κ3) is 4.13. The van der Waals surface area contributed by atoms with Crippen LogP contribution in [0, 0.1) is 0 Å². The lowest BCUT2D eigenvalue weighted by Crippen LogP contribution is -2.52. The summed E-state index contributed by atoms with van der Waals surface area (Å²) in [7, 11) is 0. The number of ether oxygens (including phenoxy) is 1. The molecule has 0 aliphatic carbocycles. The van der Waals surface area contributed by atoms with Gasteiger partial charge in [0.05, 0.1) is 6.20 Å². The van der Waals surface area contributed by atoms with Crippen LogP contribution in [0.1, 0.15) is 12.8 Å². The van der Waals surface area contributed by atoms with Gasteiger partial charge in [-0.15, -0.1) is 12.4 Å². The Morgan fingerprint density at radius 1 is 1.18 bits per heavy atom. The molecule has 2 aromatic heterocycles. The Bertz CT molecular complexity index is 898. The number of aromatic nitrogens is 4. The molecule has 0 saturated carbocycles. The largest absolute Gasteiger partial charge is 0.437 e. The summed E-state index contributed by atoms with van der Waals surface area (Å²) in [4.78, 5) is 21.3. The zero-order valence-corrected chi connectivity index (χ0v) is 15.9. The van der Waals surface area contributed by atoms with Crippen LogP contribution in [0.15, 0.2) is 61.3 Å². The maximum atomic E-state index is 13.2. The summed E-state index contributed by atoms with van der Waals surface area (Å²) >= 11 is 0. The van der Waals surface area contributed by atoms with Crippen molar-refractivity contribution < 1.29 is 9.53 Å². The molecule has 0 spiro atoms. The van der Waals surface area contributed by atoms with E-state index < -0.39 is 5.54 Å². The van der Waals surface area contributed by atoms with E-state index in [0.29, 0.717) is 30.2 Å². The Morgan fingerprint density at radius 3 is 2.75 bits per heavy atom. The first-order valence-electron chi connectivity index (χ1n) is 8.82. The second-order valence-corrected chi connectivity index (χ2v) is 6.36. The highest BCUT2D eigenvalue weighted by Crippen LogP contribution is 2.29. The van der Waals surface area contributed by atoms with Gasteiger partial charge in [0.25, 0.3) is 5.91 Å². The Labute approximate surface area is 168 Å². The van der Waals surface area contributed by atoms with Gasteiger partial charge in [-0.2, -0.15) is 5.10 Å². The van der Waals surface area contributed by atoms with E-state index in [9.17, 15) is 4.79 Å². The molecule has 0 radical (unpaired) electrons. The van der Waals surface area contributed by atoms with E-state index in [2.05, 4.69) is 25.7 Å². The molecular formula is C19H21ClN6O2. The van der Waals surface area contributed by atoms with Gasteiger partial charge in [0, 0.05) is 36.5 Å². The lowest BCUT2D eigenvalue weighted by Gasteiger charge is -2.36. The standard InChI is InChI=1S/C19H20N6O2.ClH/c26-18(19(5-8-20-9-6-19)25-12-2-7-23-25)24-15-3-1-4-16(13-15)27-17-14-21-10-11-22-17;/h1-4,7,10-14,20H,5-6,8-9H2,(H,24,26);1H. The molecule has 1 aliphatic rings. The first-order valence-corrected chi connectivity index (χ1v) is 8.82. The summed E-state index contributed by atoms with van der Waals surface area (Å²) in [6.45, 7) is 1.53. The molecule has 1 amide bonds. The molecule has 3 aromatic rings. The SMILES string of the molecule is Cl.O=C(Nc1cccc(Oc2cnccn2)c1)C1(n2cccn2)CCNCC1. The molecule has 3 heterocycles. The normalized spacial score (nSPS) is 15.3. The minimum atomic E-state index is -0.698. The molecule has 0 unspecified atom stereocenters. The third-order valence-electron chi connectivity index (χ3n) is 4.65. The van der Waals surface area contributed by atoms with Gasteiger partial charge >= 0.3 is 0 Å². The summed E-state index contributed by atoms with van der Waals surface area (Å²) in [6, 6.07) is 9.07. The molecule has 2 N–H and O–H groups in total. The van der Waals surface area contributed by atoms with Crippen molar-refractivity contribution in [1.82, 2.24) is 25.1 Å². The predicted molar refractivity (Wildman–Crippen MR) is 107 cm³/mol. The number of anilines is 1. The Hall–Kier alpha value is -2.97. The molecule has 1 aliphatic heterocycles. The maximum Gasteiger partial charge on any atom is 0.252 e. The number of amides is 1. The molecule has 4 rings (SSSR count). The number of carbonyl (C=O) groups is 1. The highest BCUT2D eigenvalue weighted by molar-refractivity contribution is 5.96. The van der Waals surface area contributed by atoms with Crippen molar-refractivity contribution in [2.75, 3.05) is 18.4 Å². The number of benzene rings is 1. The fourth-order valence-corrected chi connectivity index (χ4v) is 3.27. The van der Waals surface area contributed by atoms with Crippen molar-refractivity contribution in [3.05, 3.63) is 61.3 Å². The van der Waals surface area contributed by atoms with Crippen LogP contribution in [0.3, 0.4) is 0 Å². The molecule has 1 aromatic carbocycles. The fraction of sp³-hybridized carbons (Fsp3) is 0.263. The van der Waals surface area contributed by atoms with Crippen LogP contribution in [0.25, 0.3) is 0 Å². The topological polar surface area (TPSA) is 94.0 Å². The van der Waals surface area contributed by atoms with Gasteiger partial charge in [0.2, 0.25) is 5.88 Å². The fourth-order valence-electron chi connectivity index (χ4n) is 3.27. The van der Waals surface area contributed by atoms with E-state index in [4.69, 9.17) is 4.74 Å². The molecule has 9 heteroatoms. The first-order chi connectivity index (χ1) is 13.3. The summed E-state index contributed by atoms with van der Waals surface area (Å²) < 4.78 is 7.46. The average Bonchev–Trinajstić information content (AvgIpc) is 3.25. The summed E-state index contributed by atoms with van der Waals surface area (Å²) in [5.41, 5.74) is -0.0391. The Morgan fingerprint density at radius 2 is 2.04 bits per heavy atom. The average molecular weight is 401 g/mol. The molecular weight excluding hydrogens is 380 g/mol. The number of piperidine rings is 1. The second-order valence-electron chi connectivity index (χ2n) is 6.36. The van der Waals surface area contributed by atoms with Crippen molar-refractivity contribution in [3.63, 3.8) is 0 Å². The van der Waals surface area contributed by atoms with Crippen molar-refractivity contribution in [1.29, 1.82) is 0 Å². The monoisotopic (exact) mass is 400 g/mol. The summed E-state index contributed by atoms with van der Waals surface area (Å²) in [5, 5.41) is 10.7. The number of carbonyl (C=O) groups excluding carboxylic acids is 1. The number of hydrogen-bond donors (Lipinski definition) is 2. The Balaban J connectivity index is 0.00000225. The lowest BCUT2D eigenvalue weighted by molar-refractivity contribution is -0.126. The minimum Gasteiger partial charge on any atom is -0.437 e. The molecule has 146 valence electrons. The summed E-state index contributed by atoms with van der Waals surface area (Å²) in [6.07, 6.45) is 9.58. The minimum absolute atomic E-state index is 0. The number of nitrogens with zero attached hydrogens (tertiary/aromatic N) is 4. The van der Waals surface area contributed by atoms with Crippen LogP contribution in [0.5, 0.6) is 11.6 Å². The quantitative estimate of drug-likeness (QED) is 0.683. The highest BCUT2D eigenvalue weighted by Gasteiger charge is 2.42. The van der Waals surface area contributed by atoms with Gasteiger partial charge in [-0.3, -0.25) is 14.5 Å². The number of nitrogens with one attached hydrogen (secondary N) is 2. The van der Waals surface area contributed by atoms with Crippen LogP contribution < -0.4 is 15.4 Å². The van der Waals surface area contributed by atoms with Crippen LogP contribution in [-0.4, -0.2) is 38.7 Å². The van der Waals surface area contributed by atoms with Crippen LogP contribution in [0.4, 0.5) is 5.69 Å². The molecule has 28 heavy (non-hydrogen) atoms. The lowest BCUT2D eigenvalue weighted by atomic mass is 9.87. The zero-order valence-electron chi connectivity index (χ0n) is 15.1. The first kappa shape index (κ1) is 19.8. The van der Waals surface area contributed by atoms with Crippen molar-refractivity contribution >= 4 is 24.0 Å². The van der Waals surface area contributed by atoms with Crippen molar-refractivity contribution in [2.24, 2.45) is 0 Å². The Kier molecular flexibility index (Phi) is 6.23. The highest BCUT2D eigenvalue weighted by atomic mass is 35.5. The van der Waals surface area contributed by atoms with Gasteiger partial charge in [-0.1, -0.05) is 6.07 Å². The van der Waals surface area contributed by atoms with E-state index >= 15 is 0 Å². The number of halogens is 1. The third-order valence-corrected chi connectivity index (χ3v) is 4.65. The molecule has 1 saturated heterocycles. The van der Waals surface area contributed by atoms with E-state index in [0.717, 1.165) is 13.1 Å². The smallest absolute Gasteiger partial charge is 0.252 e. The molecule has 8 nitrogen and oxygen atoms in total. The van der Waals surface area contributed by atoms with Crippen LogP contribution in [0.2, 0.25) is 0 Å². The van der Waals surface area contributed by atoms with Crippen LogP contribution >= 0.6 is 12.4 Å². The number of hydrogen-bond acceptors (Lipinski definition) is 6. The maximum absolute atomic E-state index is 13.2. The summed E-state index contributed by atoms with van der Waals surface area (Å²) in [5.74, 6) is 0.892. The van der Waals surface area contributed by atoms with E-state index in [1.54, 1.807) is 35.4 Å². The predicted octanol–water partition coefficient (Wildman–Crippen LogP) is 2.60. The number of rotatable bonds is 5. The van der Waals surface area contributed by atoms with Crippen molar-refractivity contribution in [3.8, 4) is 11.6 Å². The van der Waals surface area contributed by atoms with E-state index in [-0.39, 0.29) is 18.3 Å². The zero-order chi connectivity index (χ0) is 18.5. The van der Waals surface area contributed by atoms with Gasteiger partial charge in [-0.05, 0) is 44.1 Å². The van der Waals surface area contributed by atoms with Gasteiger partial charge in [0.1, 0.15) is 11.3 Å². The van der Waals surface area contributed by atoms with Crippen molar-refractivity contribution in [2.45, 2.75) is 18.4 Å². The molecule has 0 bridgehead atoms. The van der Waals surface area contributed by atoms with E-state index in [1.807, 2.05) is 24.4 Å². The van der Waals surface area contributed by atoms with Gasteiger partial charge in [-0.25, -0.2) is 4.98 Å². The molecule has 1 fully saturated rings. The van der Waals surface area contributed by atoms with Gasteiger partial charge < -0.3 is 15.4 Å². The van der Waals surface area contributed by atoms with Crippen LogP contribution in [-0.2, 0) is 10.3 Å². The molecule has 0 atom stereocenters. The van der Waals surface area contributed by atoms with Gasteiger partial charge in [0.15, 0.2) is 0 Å². The second kappa shape index (κ2) is 8.81.